The molecule has 0 saturated carbocycles. The first-order chi connectivity index (χ1) is 13.3. The molecule has 3 rings (SSSR count). The molecule has 3 aromatic rings. The van der Waals surface area contributed by atoms with Gasteiger partial charge in [-0.2, -0.15) is 0 Å². The SMILES string of the molecule is CC(C)c1ccc(NC(=O)c2cccc(S(=O)(=O)Nc3ccccc3)c2)cc1. The number of anilines is 2. The predicted octanol–water partition coefficient (Wildman–Crippen LogP) is 4.86. The number of carbonyl (C=O) groups excluding carboxylic acids is 1. The van der Waals surface area contributed by atoms with Crippen molar-refractivity contribution in [2.24, 2.45) is 0 Å². The summed E-state index contributed by atoms with van der Waals surface area (Å²) in [6.45, 7) is 4.20. The first-order valence-corrected chi connectivity index (χ1v) is 10.4. The predicted molar refractivity (Wildman–Crippen MR) is 112 cm³/mol. The van der Waals surface area contributed by atoms with Crippen molar-refractivity contribution in [3.63, 3.8) is 0 Å². The molecule has 0 atom stereocenters. The van der Waals surface area contributed by atoms with Crippen molar-refractivity contribution < 1.29 is 13.2 Å². The lowest BCUT2D eigenvalue weighted by atomic mass is 10.0. The Kier molecular flexibility index (Phi) is 5.80. The van der Waals surface area contributed by atoms with E-state index in [1.165, 1.54) is 17.7 Å². The van der Waals surface area contributed by atoms with Crippen LogP contribution < -0.4 is 10.0 Å². The molecular weight excluding hydrogens is 372 g/mol. The van der Waals surface area contributed by atoms with E-state index in [0.717, 1.165) is 0 Å². The third-order valence-electron chi connectivity index (χ3n) is 4.27. The number of carbonyl (C=O) groups is 1. The maximum atomic E-state index is 12.6. The monoisotopic (exact) mass is 394 g/mol. The number of hydrogen-bond donors (Lipinski definition) is 2. The number of para-hydroxylation sites is 1. The van der Waals surface area contributed by atoms with Crippen LogP contribution in [0.5, 0.6) is 0 Å². The van der Waals surface area contributed by atoms with Gasteiger partial charge >= 0.3 is 0 Å². The van der Waals surface area contributed by atoms with Crippen molar-refractivity contribution in [1.29, 1.82) is 0 Å². The molecule has 0 fully saturated rings. The fraction of sp³-hybridized carbons (Fsp3) is 0.136. The Bertz CT molecular complexity index is 1060. The van der Waals surface area contributed by atoms with E-state index in [2.05, 4.69) is 23.9 Å². The summed E-state index contributed by atoms with van der Waals surface area (Å²) in [6, 6.07) is 22.2. The van der Waals surface area contributed by atoms with Crippen molar-refractivity contribution in [3.8, 4) is 0 Å². The lowest BCUT2D eigenvalue weighted by Crippen LogP contribution is -2.16. The van der Waals surface area contributed by atoms with Crippen LogP contribution in [0.15, 0.2) is 83.8 Å². The summed E-state index contributed by atoms with van der Waals surface area (Å²) in [6.07, 6.45) is 0. The van der Waals surface area contributed by atoms with Gasteiger partial charge in [0.1, 0.15) is 0 Å². The van der Waals surface area contributed by atoms with Crippen molar-refractivity contribution >= 4 is 27.3 Å². The molecule has 0 bridgehead atoms. The number of sulfonamides is 1. The van der Waals surface area contributed by atoms with E-state index < -0.39 is 10.0 Å². The zero-order chi connectivity index (χ0) is 20.1. The summed E-state index contributed by atoms with van der Waals surface area (Å²) in [5.74, 6) is 0.0396. The van der Waals surface area contributed by atoms with Crippen LogP contribution in [0.4, 0.5) is 11.4 Å². The summed E-state index contributed by atoms with van der Waals surface area (Å²) in [4.78, 5) is 12.6. The van der Waals surface area contributed by atoms with E-state index in [-0.39, 0.29) is 16.4 Å². The van der Waals surface area contributed by atoms with Gasteiger partial charge in [-0.15, -0.1) is 0 Å². The Morgan fingerprint density at radius 2 is 1.50 bits per heavy atom. The highest BCUT2D eigenvalue weighted by molar-refractivity contribution is 7.92. The Labute approximate surface area is 165 Å². The Morgan fingerprint density at radius 1 is 0.821 bits per heavy atom. The lowest BCUT2D eigenvalue weighted by Gasteiger charge is -2.11. The molecule has 0 radical (unpaired) electrons. The van der Waals surface area contributed by atoms with Gasteiger partial charge in [-0.3, -0.25) is 9.52 Å². The largest absolute Gasteiger partial charge is 0.322 e. The minimum atomic E-state index is -3.79. The standard InChI is InChI=1S/C22H22N2O3S/c1-16(2)17-11-13-19(14-12-17)23-22(25)18-7-6-10-21(15-18)28(26,27)24-20-8-4-3-5-9-20/h3-16,24H,1-2H3,(H,23,25). The van der Waals surface area contributed by atoms with E-state index in [1.807, 2.05) is 24.3 Å². The zero-order valence-electron chi connectivity index (χ0n) is 15.7. The van der Waals surface area contributed by atoms with Crippen LogP contribution in [0.2, 0.25) is 0 Å². The average Bonchev–Trinajstić information content (AvgIpc) is 2.69. The van der Waals surface area contributed by atoms with Gasteiger partial charge in [0.05, 0.1) is 4.90 Å². The Morgan fingerprint density at radius 3 is 2.14 bits per heavy atom. The number of amides is 1. The van der Waals surface area contributed by atoms with E-state index >= 15 is 0 Å². The van der Waals surface area contributed by atoms with E-state index in [4.69, 9.17) is 0 Å². The van der Waals surface area contributed by atoms with Gasteiger partial charge in [0.15, 0.2) is 0 Å². The van der Waals surface area contributed by atoms with Crippen molar-refractivity contribution in [2.75, 3.05) is 10.0 Å². The second-order valence-electron chi connectivity index (χ2n) is 6.73. The van der Waals surface area contributed by atoms with Crippen LogP contribution in [-0.2, 0) is 10.0 Å². The highest BCUT2D eigenvalue weighted by Gasteiger charge is 2.16. The molecule has 28 heavy (non-hydrogen) atoms. The van der Waals surface area contributed by atoms with E-state index in [1.54, 1.807) is 42.5 Å². The van der Waals surface area contributed by atoms with Crippen LogP contribution in [0.25, 0.3) is 0 Å². The third-order valence-corrected chi connectivity index (χ3v) is 5.65. The van der Waals surface area contributed by atoms with Crippen molar-refractivity contribution in [1.82, 2.24) is 0 Å². The Balaban J connectivity index is 1.77. The molecule has 0 saturated heterocycles. The average molecular weight is 394 g/mol. The van der Waals surface area contributed by atoms with E-state index in [9.17, 15) is 13.2 Å². The van der Waals surface area contributed by atoms with Gasteiger partial charge in [-0.1, -0.05) is 50.2 Å². The molecule has 2 N–H and O–H groups in total. The first kappa shape index (κ1) is 19.6. The van der Waals surface area contributed by atoms with Crippen LogP contribution in [0.3, 0.4) is 0 Å². The molecule has 0 heterocycles. The first-order valence-electron chi connectivity index (χ1n) is 8.94. The summed E-state index contributed by atoms with van der Waals surface area (Å²) in [5, 5.41) is 2.80. The van der Waals surface area contributed by atoms with Crippen LogP contribution in [0.1, 0.15) is 35.7 Å². The fourth-order valence-corrected chi connectivity index (χ4v) is 3.78. The second kappa shape index (κ2) is 8.27. The molecule has 144 valence electrons. The lowest BCUT2D eigenvalue weighted by molar-refractivity contribution is 0.102. The van der Waals surface area contributed by atoms with Gasteiger partial charge in [-0.05, 0) is 53.9 Å². The molecule has 6 heteroatoms. The number of rotatable bonds is 6. The normalized spacial score (nSPS) is 11.2. The maximum Gasteiger partial charge on any atom is 0.261 e. The smallest absolute Gasteiger partial charge is 0.261 e. The highest BCUT2D eigenvalue weighted by Crippen LogP contribution is 2.20. The van der Waals surface area contributed by atoms with Gasteiger partial charge in [-0.25, -0.2) is 8.42 Å². The van der Waals surface area contributed by atoms with Gasteiger partial charge in [0, 0.05) is 16.9 Å². The molecule has 3 aromatic carbocycles. The highest BCUT2D eigenvalue weighted by atomic mass is 32.2. The molecule has 0 spiro atoms. The topological polar surface area (TPSA) is 75.3 Å². The maximum absolute atomic E-state index is 12.6. The molecule has 0 aliphatic rings. The number of benzene rings is 3. The van der Waals surface area contributed by atoms with Gasteiger partial charge in [0.2, 0.25) is 0 Å². The van der Waals surface area contributed by atoms with Crippen molar-refractivity contribution in [3.05, 3.63) is 90.0 Å². The molecule has 0 aromatic heterocycles. The molecule has 1 amide bonds. The van der Waals surface area contributed by atoms with Gasteiger partial charge in [0.25, 0.3) is 15.9 Å². The summed E-state index contributed by atoms with van der Waals surface area (Å²) in [5.41, 5.74) is 2.56. The summed E-state index contributed by atoms with van der Waals surface area (Å²) < 4.78 is 27.7. The second-order valence-corrected chi connectivity index (χ2v) is 8.41. The minimum Gasteiger partial charge on any atom is -0.322 e. The van der Waals surface area contributed by atoms with E-state index in [0.29, 0.717) is 17.3 Å². The van der Waals surface area contributed by atoms with Crippen LogP contribution in [0, 0.1) is 0 Å². The van der Waals surface area contributed by atoms with Gasteiger partial charge < -0.3 is 5.32 Å². The molecule has 5 nitrogen and oxygen atoms in total. The van der Waals surface area contributed by atoms with Crippen molar-refractivity contribution in [2.45, 2.75) is 24.7 Å². The molecule has 0 aliphatic carbocycles. The Hall–Kier alpha value is -3.12. The van der Waals surface area contributed by atoms with Crippen LogP contribution >= 0.6 is 0 Å². The van der Waals surface area contributed by atoms with Crippen LogP contribution in [-0.4, -0.2) is 14.3 Å². The zero-order valence-corrected chi connectivity index (χ0v) is 16.5. The molecule has 0 unspecified atom stereocenters. The fourth-order valence-electron chi connectivity index (χ4n) is 2.68. The summed E-state index contributed by atoms with van der Waals surface area (Å²) >= 11 is 0. The summed E-state index contributed by atoms with van der Waals surface area (Å²) in [7, 11) is -3.79. The quantitative estimate of drug-likeness (QED) is 0.627. The number of hydrogen-bond acceptors (Lipinski definition) is 3. The molecule has 0 aliphatic heterocycles. The molecular formula is C22H22N2O3S. The third kappa shape index (κ3) is 4.78. The minimum absolute atomic E-state index is 0.0270. The number of nitrogens with one attached hydrogen (secondary N) is 2.